The Hall–Kier alpha value is -2.44. The van der Waals surface area contributed by atoms with Gasteiger partial charge in [-0.15, -0.1) is 0 Å². The maximum atomic E-state index is 12.5. The molecule has 178 valence electrons. The van der Waals surface area contributed by atoms with Gasteiger partial charge in [0.05, 0.1) is 23.8 Å². The van der Waals surface area contributed by atoms with Gasteiger partial charge in [0.15, 0.2) is 6.10 Å². The zero-order valence-electron chi connectivity index (χ0n) is 19.5. The predicted molar refractivity (Wildman–Crippen MR) is 123 cm³/mol. The lowest BCUT2D eigenvalue weighted by atomic mass is 9.46. The third kappa shape index (κ3) is 4.15. The zero-order chi connectivity index (χ0) is 23.8. The summed E-state index contributed by atoms with van der Waals surface area (Å²) in [7, 11) is 0. The molecule has 0 spiro atoms. The maximum absolute atomic E-state index is 12.5. The summed E-state index contributed by atoms with van der Waals surface area (Å²) in [6.45, 7) is 8.51. The highest BCUT2D eigenvalue weighted by Crippen LogP contribution is 2.61. The summed E-state index contributed by atoms with van der Waals surface area (Å²) in [5.74, 6) is -0.696. The van der Waals surface area contributed by atoms with Crippen molar-refractivity contribution in [3.63, 3.8) is 0 Å². The second-order valence-corrected chi connectivity index (χ2v) is 10.3. The Balaban J connectivity index is 1.55. The molecule has 2 unspecified atom stereocenters. The first-order valence-electron chi connectivity index (χ1n) is 11.8. The van der Waals surface area contributed by atoms with E-state index in [1.807, 2.05) is 19.1 Å². The van der Waals surface area contributed by atoms with Crippen LogP contribution in [0.5, 0.6) is 0 Å². The second-order valence-electron chi connectivity index (χ2n) is 10.3. The number of aliphatic hydroxyl groups excluding tert-OH is 2. The minimum absolute atomic E-state index is 0.0174. The minimum Gasteiger partial charge on any atom is -0.458 e. The maximum Gasteiger partial charge on any atom is 0.338 e. The third-order valence-electron chi connectivity index (χ3n) is 8.47. The molecule has 6 atom stereocenters. The van der Waals surface area contributed by atoms with Gasteiger partial charge in [0.2, 0.25) is 0 Å². The van der Waals surface area contributed by atoms with E-state index in [0.29, 0.717) is 24.0 Å². The average Bonchev–Trinajstić information content (AvgIpc) is 3.15. The Bertz CT molecular complexity index is 953. The van der Waals surface area contributed by atoms with E-state index >= 15 is 0 Å². The highest BCUT2D eigenvalue weighted by Gasteiger charge is 2.57. The topological polar surface area (TPSA) is 93.1 Å². The molecule has 2 saturated carbocycles. The summed E-state index contributed by atoms with van der Waals surface area (Å²) in [6.07, 6.45) is 4.33. The van der Waals surface area contributed by atoms with Crippen LogP contribution in [0, 0.1) is 22.7 Å². The summed E-state index contributed by atoms with van der Waals surface area (Å²) < 4.78 is 10.8. The van der Waals surface area contributed by atoms with E-state index in [-0.39, 0.29) is 30.5 Å². The monoisotopic (exact) mass is 454 g/mol. The lowest BCUT2D eigenvalue weighted by molar-refractivity contribution is -0.151. The van der Waals surface area contributed by atoms with Gasteiger partial charge in [0.25, 0.3) is 0 Å². The van der Waals surface area contributed by atoms with Crippen LogP contribution in [-0.4, -0.2) is 47.6 Å². The van der Waals surface area contributed by atoms with E-state index in [0.717, 1.165) is 24.8 Å². The fourth-order valence-electron chi connectivity index (χ4n) is 6.42. The number of allylic oxidation sites excluding steroid dienone is 2. The van der Waals surface area contributed by atoms with Crippen molar-refractivity contribution >= 4 is 11.9 Å². The SMILES string of the molecule is C=C1CCC2[C@](C)(CO)[C@H](O)CC[C@@]2(C)[C@@H]1C/C=C1\C(=O)OCC1OC(=O)c1ccccc1. The average molecular weight is 455 g/mol. The number of ether oxygens (including phenoxy) is 2. The van der Waals surface area contributed by atoms with Crippen molar-refractivity contribution < 1.29 is 29.3 Å². The van der Waals surface area contributed by atoms with Crippen LogP contribution in [0.2, 0.25) is 0 Å². The molecule has 2 aliphatic carbocycles. The van der Waals surface area contributed by atoms with Gasteiger partial charge < -0.3 is 19.7 Å². The van der Waals surface area contributed by atoms with E-state index in [4.69, 9.17) is 9.47 Å². The van der Waals surface area contributed by atoms with Gasteiger partial charge in [-0.2, -0.15) is 0 Å². The first-order valence-corrected chi connectivity index (χ1v) is 11.8. The molecule has 6 nitrogen and oxygen atoms in total. The molecule has 0 aromatic heterocycles. The molecule has 3 aliphatic rings. The molecule has 1 saturated heterocycles. The van der Waals surface area contributed by atoms with Crippen LogP contribution in [0.1, 0.15) is 56.3 Å². The number of aliphatic hydroxyl groups is 2. The van der Waals surface area contributed by atoms with Crippen molar-refractivity contribution in [3.05, 3.63) is 59.7 Å². The number of fused-ring (bicyclic) bond motifs is 1. The van der Waals surface area contributed by atoms with Crippen molar-refractivity contribution in [2.45, 2.75) is 58.2 Å². The molecular weight excluding hydrogens is 420 g/mol. The number of carbonyl (C=O) groups is 2. The van der Waals surface area contributed by atoms with E-state index in [2.05, 4.69) is 13.5 Å². The third-order valence-corrected chi connectivity index (χ3v) is 8.47. The van der Waals surface area contributed by atoms with Crippen LogP contribution in [-0.2, 0) is 14.3 Å². The minimum atomic E-state index is -0.735. The molecule has 3 fully saturated rings. The van der Waals surface area contributed by atoms with Crippen LogP contribution < -0.4 is 0 Å². The molecule has 1 aliphatic heterocycles. The molecule has 1 heterocycles. The molecule has 1 aromatic rings. The van der Waals surface area contributed by atoms with Crippen LogP contribution >= 0.6 is 0 Å². The summed E-state index contributed by atoms with van der Waals surface area (Å²) in [4.78, 5) is 24.9. The Morgan fingerprint density at radius 3 is 2.70 bits per heavy atom. The van der Waals surface area contributed by atoms with Crippen LogP contribution in [0.25, 0.3) is 0 Å². The molecule has 0 amide bonds. The quantitative estimate of drug-likeness (QED) is 0.399. The lowest BCUT2D eigenvalue weighted by Crippen LogP contribution is -2.57. The number of esters is 2. The van der Waals surface area contributed by atoms with Gasteiger partial charge in [-0.25, -0.2) is 9.59 Å². The van der Waals surface area contributed by atoms with Crippen molar-refractivity contribution in [3.8, 4) is 0 Å². The standard InChI is InChI=1S/C27H34O6/c1-17-9-12-22-26(2,14-13-23(29)27(22,3)16-28)20(17)11-10-19-21(15-32-25(19)31)33-24(30)18-7-5-4-6-8-18/h4-8,10,20-23,28-29H,1,9,11-16H2,2-3H3/b19-10-/t20-,21?,22?,23-,26+,27+/m1/s1. The van der Waals surface area contributed by atoms with E-state index in [1.54, 1.807) is 24.3 Å². The molecule has 4 rings (SSSR count). The number of carbonyl (C=O) groups excluding carboxylic acids is 2. The van der Waals surface area contributed by atoms with Crippen molar-refractivity contribution in [1.82, 2.24) is 0 Å². The first-order chi connectivity index (χ1) is 15.7. The highest BCUT2D eigenvalue weighted by atomic mass is 16.6. The zero-order valence-corrected chi connectivity index (χ0v) is 19.5. The van der Waals surface area contributed by atoms with Crippen molar-refractivity contribution in [1.29, 1.82) is 0 Å². The van der Waals surface area contributed by atoms with Crippen molar-refractivity contribution in [2.75, 3.05) is 13.2 Å². The van der Waals surface area contributed by atoms with Gasteiger partial charge in [0.1, 0.15) is 6.61 Å². The first kappa shape index (κ1) is 23.7. The fourth-order valence-corrected chi connectivity index (χ4v) is 6.42. The van der Waals surface area contributed by atoms with Crippen LogP contribution in [0.3, 0.4) is 0 Å². The largest absolute Gasteiger partial charge is 0.458 e. The second kappa shape index (κ2) is 9.07. The van der Waals surface area contributed by atoms with Gasteiger partial charge in [0, 0.05) is 5.41 Å². The number of cyclic esters (lactones) is 1. The summed E-state index contributed by atoms with van der Waals surface area (Å²) in [5.41, 5.74) is 1.22. The Morgan fingerprint density at radius 2 is 2.00 bits per heavy atom. The van der Waals surface area contributed by atoms with Gasteiger partial charge in [-0.3, -0.25) is 0 Å². The van der Waals surface area contributed by atoms with E-state index < -0.39 is 29.6 Å². The normalized spacial score (nSPS) is 37.5. The van der Waals surface area contributed by atoms with Crippen LogP contribution in [0.15, 0.2) is 54.1 Å². The molecule has 1 aromatic carbocycles. The summed E-state index contributed by atoms with van der Waals surface area (Å²) in [5, 5.41) is 20.9. The molecule has 2 N–H and O–H groups in total. The van der Waals surface area contributed by atoms with E-state index in [9.17, 15) is 19.8 Å². The molecular formula is C27H34O6. The number of hydrogen-bond donors (Lipinski definition) is 2. The highest BCUT2D eigenvalue weighted by molar-refractivity contribution is 5.94. The Morgan fingerprint density at radius 1 is 1.27 bits per heavy atom. The number of hydrogen-bond acceptors (Lipinski definition) is 6. The van der Waals surface area contributed by atoms with Crippen molar-refractivity contribution in [2.24, 2.45) is 22.7 Å². The van der Waals surface area contributed by atoms with Crippen LogP contribution in [0.4, 0.5) is 0 Å². The molecule has 0 bridgehead atoms. The summed E-state index contributed by atoms with van der Waals surface area (Å²) >= 11 is 0. The molecule has 33 heavy (non-hydrogen) atoms. The Labute approximate surface area is 195 Å². The lowest BCUT2D eigenvalue weighted by Gasteiger charge is -2.59. The summed E-state index contributed by atoms with van der Waals surface area (Å²) in [6, 6.07) is 8.69. The van der Waals surface area contributed by atoms with Gasteiger partial charge in [-0.1, -0.05) is 50.3 Å². The van der Waals surface area contributed by atoms with Gasteiger partial charge in [-0.05, 0) is 61.5 Å². The molecule has 0 radical (unpaired) electrons. The predicted octanol–water partition coefficient (Wildman–Crippen LogP) is 3.83. The van der Waals surface area contributed by atoms with E-state index in [1.165, 1.54) is 0 Å². The number of benzene rings is 1. The molecule has 6 heteroatoms. The van der Waals surface area contributed by atoms with Gasteiger partial charge >= 0.3 is 11.9 Å². The smallest absolute Gasteiger partial charge is 0.338 e. The Kier molecular flexibility index (Phi) is 6.52. The fraction of sp³-hybridized carbons (Fsp3) is 0.556. The number of rotatable bonds is 5.